The molecule has 0 aliphatic carbocycles. The second-order valence-electron chi connectivity index (χ2n) is 4.57. The number of aromatic hydroxyl groups is 1. The molecule has 1 amide bonds. The van der Waals surface area contributed by atoms with Crippen LogP contribution in [0.1, 0.15) is 15.9 Å². The minimum absolute atomic E-state index is 0.00936. The number of amides is 1. The Kier molecular flexibility index (Phi) is 4.15. The lowest BCUT2D eigenvalue weighted by atomic mass is 10.1. The number of carbonyl (C=O) groups is 1. The SMILES string of the molecule is CN(Cc1cccc(N)c1)C(=O)c1cc(O)ccc1Cl. The van der Waals surface area contributed by atoms with Crippen LogP contribution in [0.4, 0.5) is 5.69 Å². The Hall–Kier alpha value is -2.20. The van der Waals surface area contributed by atoms with Crippen molar-refractivity contribution in [3.63, 3.8) is 0 Å². The van der Waals surface area contributed by atoms with Gasteiger partial charge in [0.25, 0.3) is 5.91 Å². The molecule has 5 heteroatoms. The first-order valence-electron chi connectivity index (χ1n) is 6.06. The molecule has 0 unspecified atom stereocenters. The van der Waals surface area contributed by atoms with Crippen LogP contribution in [0.15, 0.2) is 42.5 Å². The number of phenols is 1. The molecular weight excluding hydrogens is 276 g/mol. The number of phenolic OH excluding ortho intramolecular Hbond substituents is 1. The third-order valence-corrected chi connectivity index (χ3v) is 3.23. The summed E-state index contributed by atoms with van der Waals surface area (Å²) in [6.07, 6.45) is 0. The van der Waals surface area contributed by atoms with E-state index in [4.69, 9.17) is 17.3 Å². The lowest BCUT2D eigenvalue weighted by molar-refractivity contribution is 0.0785. The predicted octanol–water partition coefficient (Wildman–Crippen LogP) is 2.90. The molecule has 0 spiro atoms. The molecule has 0 saturated carbocycles. The predicted molar refractivity (Wildman–Crippen MR) is 79.8 cm³/mol. The van der Waals surface area contributed by atoms with Crippen LogP contribution < -0.4 is 5.73 Å². The minimum Gasteiger partial charge on any atom is -0.508 e. The van der Waals surface area contributed by atoms with Gasteiger partial charge in [-0.2, -0.15) is 0 Å². The van der Waals surface area contributed by atoms with Gasteiger partial charge in [-0.3, -0.25) is 4.79 Å². The third-order valence-electron chi connectivity index (χ3n) is 2.90. The van der Waals surface area contributed by atoms with Crippen LogP contribution in [-0.4, -0.2) is 23.0 Å². The molecule has 0 radical (unpaired) electrons. The molecule has 0 heterocycles. The highest BCUT2D eigenvalue weighted by molar-refractivity contribution is 6.33. The van der Waals surface area contributed by atoms with Gasteiger partial charge in [0, 0.05) is 19.3 Å². The zero-order chi connectivity index (χ0) is 14.7. The fourth-order valence-electron chi connectivity index (χ4n) is 1.92. The normalized spacial score (nSPS) is 10.3. The van der Waals surface area contributed by atoms with Gasteiger partial charge in [0.15, 0.2) is 0 Å². The summed E-state index contributed by atoms with van der Waals surface area (Å²) < 4.78 is 0. The molecule has 0 bridgehead atoms. The van der Waals surface area contributed by atoms with Crippen molar-refractivity contribution in [2.45, 2.75) is 6.54 Å². The van der Waals surface area contributed by atoms with Gasteiger partial charge in [-0.25, -0.2) is 0 Å². The fourth-order valence-corrected chi connectivity index (χ4v) is 2.12. The quantitative estimate of drug-likeness (QED) is 0.854. The van der Waals surface area contributed by atoms with E-state index in [1.54, 1.807) is 13.1 Å². The summed E-state index contributed by atoms with van der Waals surface area (Å²) in [6.45, 7) is 0.413. The van der Waals surface area contributed by atoms with E-state index in [2.05, 4.69) is 0 Å². The van der Waals surface area contributed by atoms with Gasteiger partial charge in [0.2, 0.25) is 0 Å². The lowest BCUT2D eigenvalue weighted by Gasteiger charge is -2.18. The summed E-state index contributed by atoms with van der Waals surface area (Å²) in [5, 5.41) is 9.76. The highest BCUT2D eigenvalue weighted by atomic mass is 35.5. The number of nitrogen functional groups attached to an aromatic ring is 1. The molecule has 0 atom stereocenters. The smallest absolute Gasteiger partial charge is 0.255 e. The molecule has 104 valence electrons. The Morgan fingerprint density at radius 2 is 2.05 bits per heavy atom. The van der Waals surface area contributed by atoms with Crippen LogP contribution in [0, 0.1) is 0 Å². The van der Waals surface area contributed by atoms with Crippen molar-refractivity contribution in [3.8, 4) is 5.75 Å². The number of hydrogen-bond acceptors (Lipinski definition) is 3. The van der Waals surface area contributed by atoms with Crippen molar-refractivity contribution >= 4 is 23.2 Å². The number of nitrogens with two attached hydrogens (primary N) is 1. The summed E-state index contributed by atoms with van der Waals surface area (Å²) in [7, 11) is 1.67. The summed E-state index contributed by atoms with van der Waals surface area (Å²) in [4.78, 5) is 13.8. The van der Waals surface area contributed by atoms with Crippen LogP contribution in [0.3, 0.4) is 0 Å². The number of hydrogen-bond donors (Lipinski definition) is 2. The van der Waals surface area contributed by atoms with Crippen LogP contribution in [0.5, 0.6) is 5.75 Å². The highest BCUT2D eigenvalue weighted by Crippen LogP contribution is 2.23. The largest absolute Gasteiger partial charge is 0.508 e. The summed E-state index contributed by atoms with van der Waals surface area (Å²) in [5.74, 6) is -0.247. The molecule has 4 nitrogen and oxygen atoms in total. The molecule has 2 aromatic rings. The summed E-state index contributed by atoms with van der Waals surface area (Å²) >= 11 is 5.98. The van der Waals surface area contributed by atoms with E-state index in [9.17, 15) is 9.90 Å². The van der Waals surface area contributed by atoms with Gasteiger partial charge in [-0.15, -0.1) is 0 Å². The Balaban J connectivity index is 2.18. The number of rotatable bonds is 3. The van der Waals surface area contributed by atoms with Gasteiger partial charge < -0.3 is 15.7 Å². The van der Waals surface area contributed by atoms with E-state index in [-0.39, 0.29) is 17.2 Å². The first kappa shape index (κ1) is 14.2. The molecule has 0 fully saturated rings. The average molecular weight is 291 g/mol. The van der Waals surface area contributed by atoms with Crippen molar-refractivity contribution in [3.05, 3.63) is 58.6 Å². The molecule has 3 N–H and O–H groups in total. The van der Waals surface area contributed by atoms with E-state index < -0.39 is 0 Å². The number of anilines is 1. The first-order valence-corrected chi connectivity index (χ1v) is 6.43. The standard InChI is InChI=1S/C15H15ClN2O2/c1-18(9-10-3-2-4-11(17)7-10)15(20)13-8-12(19)5-6-14(13)16/h2-8,19H,9,17H2,1H3. The first-order chi connectivity index (χ1) is 9.47. The van der Waals surface area contributed by atoms with Crippen LogP contribution in [0.25, 0.3) is 0 Å². The van der Waals surface area contributed by atoms with Crippen LogP contribution in [0.2, 0.25) is 5.02 Å². The van der Waals surface area contributed by atoms with Gasteiger partial charge in [-0.1, -0.05) is 23.7 Å². The van der Waals surface area contributed by atoms with Crippen molar-refractivity contribution in [2.75, 3.05) is 12.8 Å². The van der Waals surface area contributed by atoms with Crippen LogP contribution >= 0.6 is 11.6 Å². The van der Waals surface area contributed by atoms with Gasteiger partial charge in [-0.05, 0) is 35.9 Å². The average Bonchev–Trinajstić information content (AvgIpc) is 2.40. The Bertz CT molecular complexity index is 644. The monoisotopic (exact) mass is 290 g/mol. The number of nitrogens with zero attached hydrogens (tertiary/aromatic N) is 1. The van der Waals surface area contributed by atoms with Crippen molar-refractivity contribution < 1.29 is 9.90 Å². The molecule has 2 aromatic carbocycles. The van der Waals surface area contributed by atoms with Crippen LogP contribution in [-0.2, 0) is 6.54 Å². The third kappa shape index (κ3) is 3.22. The van der Waals surface area contributed by atoms with Crippen molar-refractivity contribution in [2.24, 2.45) is 0 Å². The van der Waals surface area contributed by atoms with E-state index in [0.29, 0.717) is 17.3 Å². The Morgan fingerprint density at radius 3 is 2.75 bits per heavy atom. The van der Waals surface area contributed by atoms with E-state index in [1.807, 2.05) is 18.2 Å². The molecular formula is C15H15ClN2O2. The zero-order valence-electron chi connectivity index (χ0n) is 11.0. The lowest BCUT2D eigenvalue weighted by Crippen LogP contribution is -2.26. The Labute approximate surface area is 122 Å². The van der Waals surface area contributed by atoms with Crippen molar-refractivity contribution in [1.29, 1.82) is 0 Å². The van der Waals surface area contributed by atoms with E-state index in [1.165, 1.54) is 23.1 Å². The second-order valence-corrected chi connectivity index (χ2v) is 4.98. The van der Waals surface area contributed by atoms with E-state index >= 15 is 0 Å². The van der Waals surface area contributed by atoms with E-state index in [0.717, 1.165) is 5.56 Å². The summed E-state index contributed by atoms with van der Waals surface area (Å²) in [5.41, 5.74) is 7.56. The molecule has 0 aliphatic heterocycles. The second kappa shape index (κ2) is 5.84. The molecule has 0 aromatic heterocycles. The molecule has 0 aliphatic rings. The van der Waals surface area contributed by atoms with Gasteiger partial charge in [0.1, 0.15) is 5.75 Å². The van der Waals surface area contributed by atoms with Crippen molar-refractivity contribution in [1.82, 2.24) is 4.90 Å². The highest BCUT2D eigenvalue weighted by Gasteiger charge is 2.16. The zero-order valence-corrected chi connectivity index (χ0v) is 11.8. The minimum atomic E-state index is -0.256. The number of carbonyl (C=O) groups excluding carboxylic acids is 1. The molecule has 2 rings (SSSR count). The molecule has 20 heavy (non-hydrogen) atoms. The summed E-state index contributed by atoms with van der Waals surface area (Å²) in [6, 6.07) is 11.6. The maximum atomic E-state index is 12.3. The van der Waals surface area contributed by atoms with Gasteiger partial charge in [0.05, 0.1) is 10.6 Å². The topological polar surface area (TPSA) is 66.6 Å². The maximum absolute atomic E-state index is 12.3. The van der Waals surface area contributed by atoms with Gasteiger partial charge >= 0.3 is 0 Å². The molecule has 0 saturated heterocycles. The number of halogens is 1. The maximum Gasteiger partial charge on any atom is 0.255 e. The Morgan fingerprint density at radius 1 is 1.30 bits per heavy atom. The fraction of sp³-hybridized carbons (Fsp3) is 0.133. The number of benzene rings is 2.